The summed E-state index contributed by atoms with van der Waals surface area (Å²) >= 11 is 0. The van der Waals surface area contributed by atoms with Gasteiger partial charge in [-0.15, -0.1) is 0 Å². The van der Waals surface area contributed by atoms with Gasteiger partial charge in [0.1, 0.15) is 0 Å². The van der Waals surface area contributed by atoms with Gasteiger partial charge in [-0.1, -0.05) is 176 Å². The lowest BCUT2D eigenvalue weighted by atomic mass is 9.67. The first kappa shape index (κ1) is 37.4. The molecular formula is C61H43N3. The van der Waals surface area contributed by atoms with Crippen molar-refractivity contribution in [3.05, 3.63) is 283 Å². The van der Waals surface area contributed by atoms with Crippen molar-refractivity contribution in [1.29, 1.82) is 0 Å². The van der Waals surface area contributed by atoms with E-state index < -0.39 is 5.41 Å². The fourth-order valence-electron chi connectivity index (χ4n) is 10.4. The van der Waals surface area contributed by atoms with Gasteiger partial charge in [0, 0.05) is 50.5 Å². The summed E-state index contributed by atoms with van der Waals surface area (Å²) in [6.07, 6.45) is 0. The molecule has 0 aliphatic heterocycles. The molecule has 11 aromatic rings. The first-order chi connectivity index (χ1) is 31.8. The van der Waals surface area contributed by atoms with Crippen molar-refractivity contribution in [3.8, 4) is 16.8 Å². The van der Waals surface area contributed by atoms with Gasteiger partial charge in [-0.2, -0.15) is 0 Å². The number of hydrogen-bond acceptors (Lipinski definition) is 2. The molecule has 3 nitrogen and oxygen atoms in total. The Morgan fingerprint density at radius 2 is 0.734 bits per heavy atom. The third kappa shape index (κ3) is 5.90. The second-order valence-corrected chi connectivity index (χ2v) is 16.5. The summed E-state index contributed by atoms with van der Waals surface area (Å²) < 4.78 is 2.41. The molecule has 0 fully saturated rings. The SMILES string of the molecule is c1ccc(N(c2ccccc2)c2cc(N(c3ccccc3)c3ccccc3)c3c(c2)C(c2ccccc2)(c2ccc(-n4c5ccccc5c5ccccc54)cc2)c2ccccc2-3)cc1. The van der Waals surface area contributed by atoms with Crippen molar-refractivity contribution in [2.75, 3.05) is 9.80 Å². The Labute approximate surface area is 374 Å². The van der Waals surface area contributed by atoms with Crippen molar-refractivity contribution in [3.63, 3.8) is 0 Å². The van der Waals surface area contributed by atoms with Crippen LogP contribution in [0.3, 0.4) is 0 Å². The highest BCUT2D eigenvalue weighted by molar-refractivity contribution is 6.09. The summed E-state index contributed by atoms with van der Waals surface area (Å²) in [6.45, 7) is 0. The lowest BCUT2D eigenvalue weighted by Gasteiger charge is -2.36. The minimum Gasteiger partial charge on any atom is -0.310 e. The molecule has 0 saturated heterocycles. The van der Waals surface area contributed by atoms with E-state index in [0.717, 1.165) is 39.8 Å². The quantitative estimate of drug-likeness (QED) is 0.144. The van der Waals surface area contributed by atoms with Crippen LogP contribution in [0.4, 0.5) is 34.1 Å². The predicted molar refractivity (Wildman–Crippen MR) is 267 cm³/mol. The smallest absolute Gasteiger partial charge is 0.0715 e. The number of benzene rings is 10. The maximum Gasteiger partial charge on any atom is 0.0715 e. The Bertz CT molecular complexity index is 3290. The van der Waals surface area contributed by atoms with Gasteiger partial charge in [0.05, 0.1) is 22.1 Å². The molecule has 0 bridgehead atoms. The molecular weight excluding hydrogens is 775 g/mol. The van der Waals surface area contributed by atoms with Gasteiger partial charge in [0.2, 0.25) is 0 Å². The maximum atomic E-state index is 2.47. The van der Waals surface area contributed by atoms with Crippen LogP contribution in [0, 0.1) is 0 Å². The third-order valence-corrected chi connectivity index (χ3v) is 13.0. The average Bonchev–Trinajstić information content (AvgIpc) is 3.87. The highest BCUT2D eigenvalue weighted by atomic mass is 15.2. The molecule has 3 heteroatoms. The minimum absolute atomic E-state index is 0.685. The molecule has 10 aromatic carbocycles. The molecule has 0 saturated carbocycles. The zero-order valence-corrected chi connectivity index (χ0v) is 35.2. The van der Waals surface area contributed by atoms with Gasteiger partial charge < -0.3 is 14.4 Å². The van der Waals surface area contributed by atoms with Crippen LogP contribution < -0.4 is 9.80 Å². The van der Waals surface area contributed by atoms with Gasteiger partial charge in [0.15, 0.2) is 0 Å². The lowest BCUT2D eigenvalue weighted by Crippen LogP contribution is -2.29. The standard InChI is InChI=1S/C61H43N3/c1-6-22-44(23-7-1)61(45-38-40-50(41-39-45)64-57-36-20-17-32-52(57)53-33-18-21-37-58(53)64)55-35-19-16-34-54(55)60-56(61)42-51(62(46-24-8-2-9-25-46)47-26-10-3-11-27-47)43-59(60)63(48-28-12-4-13-29-48)49-30-14-5-15-31-49/h1-43H. The van der Waals surface area contributed by atoms with E-state index in [2.05, 4.69) is 275 Å². The second kappa shape index (κ2) is 15.5. The molecule has 1 heterocycles. The molecule has 12 rings (SSSR count). The van der Waals surface area contributed by atoms with Gasteiger partial charge >= 0.3 is 0 Å². The van der Waals surface area contributed by atoms with E-state index >= 15 is 0 Å². The molecule has 1 aliphatic rings. The Hall–Kier alpha value is -8.40. The van der Waals surface area contributed by atoms with Crippen LogP contribution in [-0.2, 0) is 5.41 Å². The molecule has 1 unspecified atom stereocenters. The van der Waals surface area contributed by atoms with Gasteiger partial charge in [-0.3, -0.25) is 0 Å². The summed E-state index contributed by atoms with van der Waals surface area (Å²) in [5, 5.41) is 2.51. The van der Waals surface area contributed by atoms with Crippen molar-refractivity contribution in [1.82, 2.24) is 4.57 Å². The summed E-state index contributed by atoms with van der Waals surface area (Å²) in [6, 6.07) is 95.1. The first-order valence-electron chi connectivity index (χ1n) is 22.0. The van der Waals surface area contributed by atoms with Crippen LogP contribution in [0.5, 0.6) is 0 Å². The van der Waals surface area contributed by atoms with E-state index in [1.165, 1.54) is 55.2 Å². The Balaban J connectivity index is 1.19. The molecule has 0 radical (unpaired) electrons. The van der Waals surface area contributed by atoms with Crippen LogP contribution in [0.15, 0.2) is 261 Å². The van der Waals surface area contributed by atoms with Gasteiger partial charge in [-0.25, -0.2) is 0 Å². The fraction of sp³-hybridized carbons (Fsp3) is 0.0164. The van der Waals surface area contributed by atoms with Crippen molar-refractivity contribution in [2.45, 2.75) is 5.41 Å². The van der Waals surface area contributed by atoms with E-state index in [-0.39, 0.29) is 0 Å². The van der Waals surface area contributed by atoms with E-state index in [1.54, 1.807) is 0 Å². The highest BCUT2D eigenvalue weighted by Crippen LogP contribution is 2.61. The van der Waals surface area contributed by atoms with Crippen molar-refractivity contribution in [2.24, 2.45) is 0 Å². The van der Waals surface area contributed by atoms with Crippen LogP contribution >= 0.6 is 0 Å². The molecule has 1 aromatic heterocycles. The molecule has 0 N–H and O–H groups in total. The normalized spacial score (nSPS) is 14.0. The Morgan fingerprint density at radius 3 is 1.27 bits per heavy atom. The Kier molecular flexibility index (Phi) is 9.05. The Morgan fingerprint density at radius 1 is 0.312 bits per heavy atom. The largest absolute Gasteiger partial charge is 0.310 e. The van der Waals surface area contributed by atoms with Gasteiger partial charge in [0.25, 0.3) is 0 Å². The van der Waals surface area contributed by atoms with E-state index in [1.807, 2.05) is 0 Å². The van der Waals surface area contributed by atoms with Crippen LogP contribution in [-0.4, -0.2) is 4.57 Å². The van der Waals surface area contributed by atoms with E-state index in [9.17, 15) is 0 Å². The molecule has 1 aliphatic carbocycles. The number of fused-ring (bicyclic) bond motifs is 6. The van der Waals surface area contributed by atoms with Crippen LogP contribution in [0.1, 0.15) is 22.3 Å². The van der Waals surface area contributed by atoms with E-state index in [0.29, 0.717) is 0 Å². The minimum atomic E-state index is -0.685. The van der Waals surface area contributed by atoms with Gasteiger partial charge in [-0.05, 0) is 113 Å². The summed E-state index contributed by atoms with van der Waals surface area (Å²) in [7, 11) is 0. The number of para-hydroxylation sites is 6. The zero-order valence-electron chi connectivity index (χ0n) is 35.2. The molecule has 1 atom stereocenters. The topological polar surface area (TPSA) is 11.4 Å². The molecule has 64 heavy (non-hydrogen) atoms. The van der Waals surface area contributed by atoms with Crippen molar-refractivity contribution < 1.29 is 0 Å². The van der Waals surface area contributed by atoms with E-state index in [4.69, 9.17) is 0 Å². The first-order valence-corrected chi connectivity index (χ1v) is 22.0. The number of aromatic nitrogens is 1. The summed E-state index contributed by atoms with van der Waals surface area (Å²) in [4.78, 5) is 4.85. The highest BCUT2D eigenvalue weighted by Gasteiger charge is 2.48. The molecule has 302 valence electrons. The van der Waals surface area contributed by atoms with Crippen LogP contribution in [0.25, 0.3) is 38.6 Å². The lowest BCUT2D eigenvalue weighted by molar-refractivity contribution is 0.768. The summed E-state index contributed by atoms with van der Waals surface area (Å²) in [5.41, 5.74) is 16.7. The maximum absolute atomic E-state index is 2.47. The molecule has 0 spiro atoms. The number of rotatable bonds is 9. The van der Waals surface area contributed by atoms with Crippen LogP contribution in [0.2, 0.25) is 0 Å². The number of hydrogen-bond donors (Lipinski definition) is 0. The number of nitrogens with zero attached hydrogens (tertiary/aromatic N) is 3. The zero-order chi connectivity index (χ0) is 42.5. The molecule has 0 amide bonds. The second-order valence-electron chi connectivity index (χ2n) is 16.5. The predicted octanol–water partition coefficient (Wildman–Crippen LogP) is 16.1. The monoisotopic (exact) mass is 817 g/mol. The van der Waals surface area contributed by atoms with Crippen molar-refractivity contribution >= 4 is 55.9 Å². The third-order valence-electron chi connectivity index (χ3n) is 13.0. The number of anilines is 6. The average molecular weight is 818 g/mol. The fourth-order valence-corrected chi connectivity index (χ4v) is 10.4. The summed E-state index contributed by atoms with van der Waals surface area (Å²) in [5.74, 6) is 0.